The minimum Gasteiger partial charge on any atom is -0.369 e. The molecular weight excluding hydrogens is 214 g/mol. The summed E-state index contributed by atoms with van der Waals surface area (Å²) in [5.74, 6) is -0.154. The Morgan fingerprint density at radius 3 is 2.53 bits per heavy atom. The summed E-state index contributed by atoms with van der Waals surface area (Å²) in [6.07, 6.45) is 7.11. The number of hydrogen-bond acceptors (Lipinski definition) is 3. The standard InChI is InChI=1S/C10H19N3O.ClH/c11-9(14)8-6-10(13-12-7-8)4-2-1-3-5-10;/h8,12-13H,1-7H2,(H2,11,14);1H. The first-order chi connectivity index (χ1) is 6.72. The molecule has 2 aliphatic rings. The normalized spacial score (nSPS) is 29.5. The summed E-state index contributed by atoms with van der Waals surface area (Å²) < 4.78 is 0. The van der Waals surface area contributed by atoms with Crippen molar-refractivity contribution in [3.8, 4) is 0 Å². The van der Waals surface area contributed by atoms with Gasteiger partial charge in [0.05, 0.1) is 5.92 Å². The predicted octanol–water partition coefficient (Wildman–Crippen LogP) is 0.710. The highest BCUT2D eigenvalue weighted by molar-refractivity contribution is 5.85. The van der Waals surface area contributed by atoms with Crippen LogP contribution in [0.4, 0.5) is 0 Å². The average molecular weight is 234 g/mol. The van der Waals surface area contributed by atoms with Crippen molar-refractivity contribution in [2.75, 3.05) is 6.54 Å². The van der Waals surface area contributed by atoms with Crippen molar-refractivity contribution in [3.05, 3.63) is 0 Å². The van der Waals surface area contributed by atoms with Crippen molar-refractivity contribution >= 4 is 18.3 Å². The first-order valence-corrected chi connectivity index (χ1v) is 5.51. The van der Waals surface area contributed by atoms with E-state index in [-0.39, 0.29) is 29.8 Å². The summed E-state index contributed by atoms with van der Waals surface area (Å²) in [4.78, 5) is 11.1. The molecule has 1 heterocycles. The number of nitrogens with two attached hydrogens (primary N) is 1. The van der Waals surface area contributed by atoms with Crippen LogP contribution in [0, 0.1) is 5.92 Å². The van der Waals surface area contributed by atoms with Crippen molar-refractivity contribution < 1.29 is 4.79 Å². The third-order valence-electron chi connectivity index (χ3n) is 3.55. The highest BCUT2D eigenvalue weighted by atomic mass is 35.5. The molecule has 0 bridgehead atoms. The quantitative estimate of drug-likeness (QED) is 0.625. The van der Waals surface area contributed by atoms with E-state index in [1.54, 1.807) is 0 Å². The Hall–Kier alpha value is -0.320. The number of hydrogen-bond donors (Lipinski definition) is 3. The van der Waals surface area contributed by atoms with E-state index in [1.807, 2.05) is 0 Å². The van der Waals surface area contributed by atoms with Crippen molar-refractivity contribution in [2.45, 2.75) is 44.1 Å². The van der Waals surface area contributed by atoms with Crippen molar-refractivity contribution in [2.24, 2.45) is 11.7 Å². The highest BCUT2D eigenvalue weighted by Gasteiger charge is 2.38. The third kappa shape index (κ3) is 2.83. The largest absolute Gasteiger partial charge is 0.369 e. The van der Waals surface area contributed by atoms with Crippen LogP contribution >= 0.6 is 12.4 Å². The highest BCUT2D eigenvalue weighted by Crippen LogP contribution is 2.34. The molecule has 0 aromatic carbocycles. The number of hydrazine groups is 1. The van der Waals surface area contributed by atoms with Gasteiger partial charge in [-0.25, -0.2) is 0 Å². The van der Waals surface area contributed by atoms with Crippen molar-refractivity contribution in [1.29, 1.82) is 0 Å². The second-order valence-corrected chi connectivity index (χ2v) is 4.65. The van der Waals surface area contributed by atoms with Crippen LogP contribution in [0.15, 0.2) is 0 Å². The van der Waals surface area contributed by atoms with Gasteiger partial charge in [0.15, 0.2) is 0 Å². The Morgan fingerprint density at radius 2 is 1.93 bits per heavy atom. The van der Waals surface area contributed by atoms with Gasteiger partial charge in [0, 0.05) is 12.1 Å². The Kier molecular flexibility index (Phi) is 4.37. The van der Waals surface area contributed by atoms with Gasteiger partial charge in [-0.1, -0.05) is 19.3 Å². The molecule has 1 aliphatic carbocycles. The fraction of sp³-hybridized carbons (Fsp3) is 0.900. The minimum atomic E-state index is -0.163. The molecule has 1 amide bonds. The number of nitrogens with one attached hydrogen (secondary N) is 2. The third-order valence-corrected chi connectivity index (χ3v) is 3.55. The maximum absolute atomic E-state index is 11.1. The second kappa shape index (κ2) is 5.14. The summed E-state index contributed by atoms with van der Waals surface area (Å²) >= 11 is 0. The van der Waals surface area contributed by atoms with Gasteiger partial charge >= 0.3 is 0 Å². The van der Waals surface area contributed by atoms with Gasteiger partial charge in [-0.15, -0.1) is 12.4 Å². The number of primary amides is 1. The minimum absolute atomic E-state index is 0. The molecule has 1 unspecified atom stereocenters. The fourth-order valence-corrected chi connectivity index (χ4v) is 2.72. The number of rotatable bonds is 1. The molecule has 1 atom stereocenters. The lowest BCUT2D eigenvalue weighted by molar-refractivity contribution is -0.123. The van der Waals surface area contributed by atoms with Gasteiger partial charge in [-0.3, -0.25) is 15.6 Å². The lowest BCUT2D eigenvalue weighted by atomic mass is 9.75. The smallest absolute Gasteiger partial charge is 0.221 e. The lowest BCUT2D eigenvalue weighted by Gasteiger charge is -2.44. The maximum Gasteiger partial charge on any atom is 0.221 e. The van der Waals surface area contributed by atoms with Gasteiger partial charge in [-0.2, -0.15) is 0 Å². The molecule has 1 aliphatic heterocycles. The average Bonchev–Trinajstić information content (AvgIpc) is 2.19. The lowest BCUT2D eigenvalue weighted by Crippen LogP contribution is -2.61. The Balaban J connectivity index is 0.00000112. The van der Waals surface area contributed by atoms with E-state index >= 15 is 0 Å². The number of carbonyl (C=O) groups excluding carboxylic acids is 1. The maximum atomic E-state index is 11.1. The Labute approximate surface area is 96.7 Å². The summed E-state index contributed by atoms with van der Waals surface area (Å²) in [7, 11) is 0. The molecule has 15 heavy (non-hydrogen) atoms. The zero-order valence-corrected chi connectivity index (χ0v) is 9.74. The van der Waals surface area contributed by atoms with Crippen molar-refractivity contribution in [3.63, 3.8) is 0 Å². The number of amides is 1. The van der Waals surface area contributed by atoms with E-state index < -0.39 is 0 Å². The van der Waals surface area contributed by atoms with Gasteiger partial charge in [-0.05, 0) is 19.3 Å². The number of halogens is 1. The van der Waals surface area contributed by atoms with Gasteiger partial charge in [0.25, 0.3) is 0 Å². The first kappa shape index (κ1) is 12.7. The van der Waals surface area contributed by atoms with Crippen LogP contribution < -0.4 is 16.6 Å². The van der Waals surface area contributed by atoms with Crippen LogP contribution in [-0.2, 0) is 4.79 Å². The molecule has 1 saturated heterocycles. The summed E-state index contributed by atoms with van der Waals surface area (Å²) in [6, 6.07) is 0. The van der Waals surface area contributed by atoms with Crippen molar-refractivity contribution in [1.82, 2.24) is 10.9 Å². The first-order valence-electron chi connectivity index (χ1n) is 5.51. The number of carbonyl (C=O) groups is 1. The van der Waals surface area contributed by atoms with Gasteiger partial charge in [0.1, 0.15) is 0 Å². The van der Waals surface area contributed by atoms with Crippen LogP contribution in [0.3, 0.4) is 0 Å². The Bertz CT molecular complexity index is 223. The molecule has 4 nitrogen and oxygen atoms in total. The molecule has 4 N–H and O–H groups in total. The van der Waals surface area contributed by atoms with Gasteiger partial charge in [0.2, 0.25) is 5.91 Å². The van der Waals surface area contributed by atoms with E-state index in [1.165, 1.54) is 32.1 Å². The van der Waals surface area contributed by atoms with Crippen LogP contribution in [0.25, 0.3) is 0 Å². The van der Waals surface area contributed by atoms with Crippen LogP contribution in [-0.4, -0.2) is 18.0 Å². The molecule has 5 heteroatoms. The van der Waals surface area contributed by atoms with Crippen LogP contribution in [0.5, 0.6) is 0 Å². The molecule has 1 saturated carbocycles. The van der Waals surface area contributed by atoms with E-state index in [4.69, 9.17) is 5.73 Å². The summed E-state index contributed by atoms with van der Waals surface area (Å²) in [5, 5.41) is 0. The van der Waals surface area contributed by atoms with Crippen LogP contribution in [0.2, 0.25) is 0 Å². The molecular formula is C10H20ClN3O. The molecule has 1 spiro atoms. The Morgan fingerprint density at radius 1 is 1.27 bits per heavy atom. The second-order valence-electron chi connectivity index (χ2n) is 4.65. The molecule has 88 valence electrons. The molecule has 0 radical (unpaired) electrons. The summed E-state index contributed by atoms with van der Waals surface area (Å²) in [5.41, 5.74) is 12.0. The van der Waals surface area contributed by atoms with Gasteiger partial charge < -0.3 is 5.73 Å². The van der Waals surface area contributed by atoms with E-state index in [9.17, 15) is 4.79 Å². The molecule has 0 aromatic heterocycles. The SMILES string of the molecule is Cl.NC(=O)C1CNNC2(CCCCC2)C1. The molecule has 2 fully saturated rings. The van der Waals surface area contributed by atoms with E-state index in [0.717, 1.165) is 6.42 Å². The predicted molar refractivity (Wildman–Crippen MR) is 61.5 cm³/mol. The molecule has 2 rings (SSSR count). The zero-order chi connectivity index (χ0) is 10.0. The van der Waals surface area contributed by atoms with Crippen LogP contribution in [0.1, 0.15) is 38.5 Å². The molecule has 0 aromatic rings. The monoisotopic (exact) mass is 233 g/mol. The van der Waals surface area contributed by atoms with E-state index in [0.29, 0.717) is 6.54 Å². The zero-order valence-electron chi connectivity index (χ0n) is 8.92. The fourth-order valence-electron chi connectivity index (χ4n) is 2.72. The van der Waals surface area contributed by atoms with E-state index in [2.05, 4.69) is 10.9 Å². The summed E-state index contributed by atoms with van der Waals surface area (Å²) in [6.45, 7) is 0.678. The topological polar surface area (TPSA) is 67.2 Å².